The molecule has 2 heterocycles. The Morgan fingerprint density at radius 2 is 1.75 bits per heavy atom. The molecule has 0 spiro atoms. The molecule has 0 aromatic carbocycles. The third-order valence-corrected chi connectivity index (χ3v) is 3.97. The summed E-state index contributed by atoms with van der Waals surface area (Å²) in [7, 11) is 0. The second kappa shape index (κ2) is 5.67. The van der Waals surface area contributed by atoms with Crippen molar-refractivity contribution in [3.8, 4) is 0 Å². The largest absolute Gasteiger partial charge is 0.341 e. The van der Waals surface area contributed by atoms with Gasteiger partial charge in [0, 0.05) is 13.1 Å². The molecular formula is C13H24N2O. The Kier molecular flexibility index (Phi) is 4.22. The summed E-state index contributed by atoms with van der Waals surface area (Å²) in [5, 5.41) is 0. The van der Waals surface area contributed by atoms with E-state index in [2.05, 4.69) is 16.7 Å². The van der Waals surface area contributed by atoms with Gasteiger partial charge in [0.25, 0.3) is 0 Å². The summed E-state index contributed by atoms with van der Waals surface area (Å²) in [6.07, 6.45) is 7.25. The number of amides is 1. The van der Waals surface area contributed by atoms with Crippen LogP contribution < -0.4 is 0 Å². The van der Waals surface area contributed by atoms with Gasteiger partial charge in [0.1, 0.15) is 0 Å². The van der Waals surface area contributed by atoms with Crippen LogP contribution >= 0.6 is 0 Å². The summed E-state index contributed by atoms with van der Waals surface area (Å²) in [5.41, 5.74) is 0. The van der Waals surface area contributed by atoms with Crippen LogP contribution in [0.3, 0.4) is 0 Å². The van der Waals surface area contributed by atoms with E-state index in [1.165, 1.54) is 32.1 Å². The normalized spacial score (nSPS) is 28.1. The van der Waals surface area contributed by atoms with Crippen molar-refractivity contribution in [2.45, 2.75) is 51.5 Å². The highest BCUT2D eigenvalue weighted by molar-refractivity contribution is 5.82. The van der Waals surface area contributed by atoms with Crippen LogP contribution in [0.2, 0.25) is 0 Å². The lowest BCUT2D eigenvalue weighted by atomic mass is 10.00. The monoisotopic (exact) mass is 224 g/mol. The van der Waals surface area contributed by atoms with Gasteiger partial charge in [-0.1, -0.05) is 13.3 Å². The van der Waals surface area contributed by atoms with Gasteiger partial charge in [0.05, 0.1) is 6.04 Å². The summed E-state index contributed by atoms with van der Waals surface area (Å²) in [6.45, 7) is 6.28. The van der Waals surface area contributed by atoms with Gasteiger partial charge in [-0.3, -0.25) is 9.69 Å². The Hall–Kier alpha value is -0.570. The van der Waals surface area contributed by atoms with E-state index < -0.39 is 0 Å². The maximum absolute atomic E-state index is 12.4. The zero-order valence-corrected chi connectivity index (χ0v) is 10.5. The number of likely N-dealkylation sites (tertiary alicyclic amines) is 2. The van der Waals surface area contributed by atoms with E-state index in [9.17, 15) is 4.79 Å². The minimum atomic E-state index is 0.192. The molecule has 2 aliphatic rings. The lowest BCUT2D eigenvalue weighted by Gasteiger charge is -2.38. The lowest BCUT2D eigenvalue weighted by Crippen LogP contribution is -2.51. The average molecular weight is 224 g/mol. The number of hydrogen-bond donors (Lipinski definition) is 0. The van der Waals surface area contributed by atoms with E-state index in [0.717, 1.165) is 32.6 Å². The fourth-order valence-corrected chi connectivity index (χ4v) is 2.97. The van der Waals surface area contributed by atoms with Crippen molar-refractivity contribution in [1.82, 2.24) is 9.80 Å². The molecule has 0 bridgehead atoms. The molecule has 0 radical (unpaired) electrons. The minimum absolute atomic E-state index is 0.192. The highest BCUT2D eigenvalue weighted by Crippen LogP contribution is 2.20. The van der Waals surface area contributed by atoms with E-state index in [4.69, 9.17) is 0 Å². The van der Waals surface area contributed by atoms with Crippen molar-refractivity contribution in [2.24, 2.45) is 0 Å². The Morgan fingerprint density at radius 3 is 2.44 bits per heavy atom. The van der Waals surface area contributed by atoms with E-state index in [-0.39, 0.29) is 6.04 Å². The highest BCUT2D eigenvalue weighted by atomic mass is 16.2. The molecule has 16 heavy (non-hydrogen) atoms. The molecule has 0 aromatic rings. The lowest BCUT2D eigenvalue weighted by molar-refractivity contribution is -0.139. The summed E-state index contributed by atoms with van der Waals surface area (Å²) in [6, 6.07) is 0.192. The van der Waals surface area contributed by atoms with Gasteiger partial charge in [-0.25, -0.2) is 0 Å². The van der Waals surface area contributed by atoms with Crippen molar-refractivity contribution >= 4 is 5.91 Å². The molecule has 1 amide bonds. The molecule has 3 nitrogen and oxygen atoms in total. The van der Waals surface area contributed by atoms with Gasteiger partial charge in [-0.2, -0.15) is 0 Å². The molecule has 2 rings (SSSR count). The van der Waals surface area contributed by atoms with E-state index in [0.29, 0.717) is 5.91 Å². The Labute approximate surface area is 98.8 Å². The van der Waals surface area contributed by atoms with Crippen LogP contribution in [0.5, 0.6) is 0 Å². The standard InChI is InChI=1S/C13H24N2O/c1-2-14-9-7-4-8-12(14)13(16)15-10-5-3-6-11-15/h12H,2-11H2,1H3/t12-/m0/s1. The van der Waals surface area contributed by atoms with Gasteiger partial charge in [0.15, 0.2) is 0 Å². The molecule has 0 saturated carbocycles. The third kappa shape index (κ3) is 2.57. The zero-order valence-electron chi connectivity index (χ0n) is 10.5. The smallest absolute Gasteiger partial charge is 0.239 e. The third-order valence-electron chi connectivity index (χ3n) is 3.97. The first-order valence-electron chi connectivity index (χ1n) is 6.85. The number of carbonyl (C=O) groups is 1. The number of rotatable bonds is 2. The summed E-state index contributed by atoms with van der Waals surface area (Å²) in [4.78, 5) is 16.9. The van der Waals surface area contributed by atoms with Crippen LogP contribution in [0, 0.1) is 0 Å². The van der Waals surface area contributed by atoms with Crippen molar-refractivity contribution in [2.75, 3.05) is 26.2 Å². The van der Waals surface area contributed by atoms with Crippen molar-refractivity contribution < 1.29 is 4.79 Å². The van der Waals surface area contributed by atoms with Crippen molar-refractivity contribution in [3.63, 3.8) is 0 Å². The maximum Gasteiger partial charge on any atom is 0.239 e. The van der Waals surface area contributed by atoms with Crippen LogP contribution in [-0.2, 0) is 4.79 Å². The van der Waals surface area contributed by atoms with Crippen LogP contribution in [0.1, 0.15) is 45.4 Å². The molecule has 1 atom stereocenters. The van der Waals surface area contributed by atoms with E-state index in [1.807, 2.05) is 0 Å². The van der Waals surface area contributed by atoms with Gasteiger partial charge in [-0.15, -0.1) is 0 Å². The van der Waals surface area contributed by atoms with Crippen molar-refractivity contribution in [3.05, 3.63) is 0 Å². The predicted molar refractivity (Wildman–Crippen MR) is 65.3 cm³/mol. The first-order chi connectivity index (χ1) is 7.83. The topological polar surface area (TPSA) is 23.6 Å². The molecular weight excluding hydrogens is 200 g/mol. The predicted octanol–water partition coefficient (Wildman–Crippen LogP) is 1.87. The molecule has 2 saturated heterocycles. The molecule has 2 aliphatic heterocycles. The van der Waals surface area contributed by atoms with Crippen LogP contribution in [-0.4, -0.2) is 47.9 Å². The fraction of sp³-hybridized carbons (Fsp3) is 0.923. The fourth-order valence-electron chi connectivity index (χ4n) is 2.97. The van der Waals surface area contributed by atoms with Gasteiger partial charge in [0.2, 0.25) is 5.91 Å². The number of carbonyl (C=O) groups excluding carboxylic acids is 1. The van der Waals surface area contributed by atoms with Crippen LogP contribution in [0.15, 0.2) is 0 Å². The summed E-state index contributed by atoms with van der Waals surface area (Å²) in [5.74, 6) is 0.404. The highest BCUT2D eigenvalue weighted by Gasteiger charge is 2.31. The molecule has 92 valence electrons. The average Bonchev–Trinajstić information content (AvgIpc) is 2.39. The van der Waals surface area contributed by atoms with E-state index >= 15 is 0 Å². The molecule has 3 heteroatoms. The summed E-state index contributed by atoms with van der Waals surface area (Å²) >= 11 is 0. The Balaban J connectivity index is 1.95. The Morgan fingerprint density at radius 1 is 1.06 bits per heavy atom. The van der Waals surface area contributed by atoms with Crippen LogP contribution in [0.4, 0.5) is 0 Å². The zero-order chi connectivity index (χ0) is 11.4. The van der Waals surface area contributed by atoms with Crippen LogP contribution in [0.25, 0.3) is 0 Å². The first kappa shape index (κ1) is 11.9. The second-order valence-corrected chi connectivity index (χ2v) is 5.03. The summed E-state index contributed by atoms with van der Waals surface area (Å²) < 4.78 is 0. The molecule has 0 aromatic heterocycles. The quantitative estimate of drug-likeness (QED) is 0.715. The molecule has 2 fully saturated rings. The molecule has 0 aliphatic carbocycles. The SMILES string of the molecule is CCN1CCCC[C@H]1C(=O)N1CCCCC1. The molecule has 0 unspecified atom stereocenters. The van der Waals surface area contributed by atoms with Gasteiger partial charge >= 0.3 is 0 Å². The van der Waals surface area contributed by atoms with Gasteiger partial charge in [-0.05, 0) is 45.2 Å². The second-order valence-electron chi connectivity index (χ2n) is 5.03. The van der Waals surface area contributed by atoms with Gasteiger partial charge < -0.3 is 4.90 Å². The number of nitrogens with zero attached hydrogens (tertiary/aromatic N) is 2. The first-order valence-corrected chi connectivity index (χ1v) is 6.85. The molecule has 0 N–H and O–H groups in total. The van der Waals surface area contributed by atoms with Crippen molar-refractivity contribution in [1.29, 1.82) is 0 Å². The number of piperidine rings is 2. The van der Waals surface area contributed by atoms with E-state index in [1.54, 1.807) is 0 Å². The minimum Gasteiger partial charge on any atom is -0.341 e. The Bertz CT molecular complexity index is 236. The number of likely N-dealkylation sites (N-methyl/N-ethyl adjacent to an activating group) is 1. The maximum atomic E-state index is 12.4. The number of hydrogen-bond acceptors (Lipinski definition) is 2.